The second kappa shape index (κ2) is 11.2. The van der Waals surface area contributed by atoms with Crippen LogP contribution in [0, 0.1) is 0 Å². The molecule has 3 aromatic carbocycles. The fraction of sp³-hybridized carbons (Fsp3) is 0.107. The van der Waals surface area contributed by atoms with Gasteiger partial charge in [0, 0.05) is 41.9 Å². The summed E-state index contributed by atoms with van der Waals surface area (Å²) in [6.07, 6.45) is -2.19. The molecule has 3 amide bonds. The van der Waals surface area contributed by atoms with E-state index in [9.17, 15) is 18.4 Å². The van der Waals surface area contributed by atoms with Gasteiger partial charge in [0.05, 0.1) is 12.7 Å². The molecule has 1 aromatic heterocycles. The molecular formula is C28H23F2N5O5. The molecular weight excluding hydrogens is 524 g/mol. The second-order valence-corrected chi connectivity index (χ2v) is 8.54. The average Bonchev–Trinajstić information content (AvgIpc) is 3.25. The van der Waals surface area contributed by atoms with E-state index in [1.54, 1.807) is 74.0 Å². The number of hydrogen-bond donors (Lipinski definition) is 4. The number of rotatable bonds is 8. The average molecular weight is 548 g/mol. The van der Waals surface area contributed by atoms with Crippen LogP contribution >= 0.6 is 0 Å². The van der Waals surface area contributed by atoms with Crippen LogP contribution in [0.4, 0.5) is 36.5 Å². The van der Waals surface area contributed by atoms with E-state index in [4.69, 9.17) is 4.74 Å². The van der Waals surface area contributed by atoms with Gasteiger partial charge in [-0.25, -0.2) is 9.78 Å². The van der Waals surface area contributed by atoms with Crippen molar-refractivity contribution in [2.24, 2.45) is 0 Å². The molecule has 0 aliphatic carbocycles. The lowest BCUT2D eigenvalue weighted by Gasteiger charge is -2.13. The summed E-state index contributed by atoms with van der Waals surface area (Å²) in [5, 5.41) is 11.3. The van der Waals surface area contributed by atoms with Crippen molar-refractivity contribution in [3.05, 3.63) is 96.2 Å². The number of methoxy groups -OCH3 is 1. The lowest BCUT2D eigenvalue weighted by molar-refractivity contribution is -0.286. The molecule has 40 heavy (non-hydrogen) atoms. The van der Waals surface area contributed by atoms with Gasteiger partial charge >= 0.3 is 12.3 Å². The van der Waals surface area contributed by atoms with Gasteiger partial charge in [0.2, 0.25) is 0 Å². The number of carbonyl (C=O) groups excluding carboxylic acids is 2. The molecule has 1 aliphatic rings. The summed E-state index contributed by atoms with van der Waals surface area (Å²) < 4.78 is 40.6. The van der Waals surface area contributed by atoms with Crippen molar-refractivity contribution in [3.63, 3.8) is 0 Å². The van der Waals surface area contributed by atoms with E-state index < -0.39 is 18.2 Å². The lowest BCUT2D eigenvalue weighted by Crippen LogP contribution is -2.25. The molecule has 4 N–H and O–H groups in total. The number of halogens is 2. The van der Waals surface area contributed by atoms with Crippen molar-refractivity contribution >= 4 is 34.8 Å². The summed E-state index contributed by atoms with van der Waals surface area (Å²) in [7, 11) is 1.54. The Morgan fingerprint density at radius 3 is 2.52 bits per heavy atom. The third kappa shape index (κ3) is 6.35. The van der Waals surface area contributed by atoms with Crippen LogP contribution < -0.4 is 35.5 Å². The zero-order valence-corrected chi connectivity index (χ0v) is 21.0. The number of carbonyl (C=O) groups is 2. The van der Waals surface area contributed by atoms with E-state index in [0.717, 1.165) is 5.56 Å². The van der Waals surface area contributed by atoms with Gasteiger partial charge in [0.25, 0.3) is 5.91 Å². The van der Waals surface area contributed by atoms with Crippen molar-refractivity contribution in [1.29, 1.82) is 0 Å². The summed E-state index contributed by atoms with van der Waals surface area (Å²) in [6, 6.07) is 20.8. The molecule has 0 fully saturated rings. The van der Waals surface area contributed by atoms with Gasteiger partial charge in [-0.3, -0.25) is 10.1 Å². The topological polar surface area (TPSA) is 123 Å². The molecule has 4 aromatic rings. The SMILES string of the molecule is COc1cccc(NC(=O)Nc2cc(CNc3ccccc3C(=O)Nc3ccc4c(c3)OC(F)(F)O4)ccn2)c1. The number of nitrogens with zero attached hydrogens (tertiary/aromatic N) is 1. The van der Waals surface area contributed by atoms with Crippen molar-refractivity contribution < 1.29 is 32.6 Å². The van der Waals surface area contributed by atoms with Crippen molar-refractivity contribution in [3.8, 4) is 17.2 Å². The number of nitrogens with one attached hydrogen (secondary N) is 4. The van der Waals surface area contributed by atoms with Crippen LogP contribution in [0.5, 0.6) is 17.2 Å². The van der Waals surface area contributed by atoms with Gasteiger partial charge in [-0.2, -0.15) is 0 Å². The number of urea groups is 1. The molecule has 0 spiro atoms. The molecule has 2 heterocycles. The molecule has 12 heteroatoms. The van der Waals surface area contributed by atoms with Crippen LogP contribution in [0.1, 0.15) is 15.9 Å². The van der Waals surface area contributed by atoms with Crippen molar-refractivity contribution in [1.82, 2.24) is 4.98 Å². The molecule has 0 radical (unpaired) electrons. The molecule has 0 atom stereocenters. The zero-order chi connectivity index (χ0) is 28.1. The molecule has 10 nitrogen and oxygen atoms in total. The quantitative estimate of drug-likeness (QED) is 0.216. The molecule has 204 valence electrons. The normalized spacial score (nSPS) is 12.8. The molecule has 5 rings (SSSR count). The summed E-state index contributed by atoms with van der Waals surface area (Å²) in [6.45, 7) is 0.318. The van der Waals surface area contributed by atoms with E-state index in [1.807, 2.05) is 0 Å². The second-order valence-electron chi connectivity index (χ2n) is 8.54. The summed E-state index contributed by atoms with van der Waals surface area (Å²) in [5.74, 6) is 0.195. The number of fused-ring (bicyclic) bond motifs is 1. The third-order valence-electron chi connectivity index (χ3n) is 5.71. The van der Waals surface area contributed by atoms with Crippen LogP contribution in [0.2, 0.25) is 0 Å². The largest absolute Gasteiger partial charge is 0.586 e. The smallest absolute Gasteiger partial charge is 0.497 e. The van der Waals surface area contributed by atoms with Gasteiger partial charge in [-0.1, -0.05) is 18.2 Å². The zero-order valence-electron chi connectivity index (χ0n) is 21.0. The molecule has 0 saturated carbocycles. The molecule has 0 unspecified atom stereocenters. The van der Waals surface area contributed by atoms with Crippen LogP contribution in [0.25, 0.3) is 0 Å². The Hall–Kier alpha value is -5.39. The van der Waals surface area contributed by atoms with E-state index in [2.05, 4.69) is 35.7 Å². The Labute approximate surface area is 227 Å². The number of anilines is 4. The molecule has 1 aliphatic heterocycles. The van der Waals surface area contributed by atoms with E-state index in [0.29, 0.717) is 35.1 Å². The van der Waals surface area contributed by atoms with Gasteiger partial charge in [-0.15, -0.1) is 8.78 Å². The number of amides is 3. The minimum atomic E-state index is -3.75. The molecule has 0 saturated heterocycles. The fourth-order valence-electron chi connectivity index (χ4n) is 3.89. The number of ether oxygens (including phenoxy) is 3. The maximum atomic E-state index is 13.3. The number of pyridine rings is 1. The first-order valence-corrected chi connectivity index (χ1v) is 12.0. The van der Waals surface area contributed by atoms with Crippen molar-refractivity contribution in [2.45, 2.75) is 12.8 Å². The number of alkyl halides is 2. The maximum Gasteiger partial charge on any atom is 0.586 e. The number of aromatic nitrogens is 1. The van der Waals surface area contributed by atoms with Crippen LogP contribution in [0.15, 0.2) is 85.1 Å². The minimum Gasteiger partial charge on any atom is -0.497 e. The Kier molecular flexibility index (Phi) is 7.31. The highest BCUT2D eigenvalue weighted by Gasteiger charge is 2.43. The maximum absolute atomic E-state index is 13.3. The van der Waals surface area contributed by atoms with E-state index >= 15 is 0 Å². The van der Waals surface area contributed by atoms with Crippen LogP contribution in [0.3, 0.4) is 0 Å². The van der Waals surface area contributed by atoms with E-state index in [1.165, 1.54) is 18.2 Å². The summed E-state index contributed by atoms with van der Waals surface area (Å²) in [5.41, 5.74) is 2.48. The number of hydrogen-bond acceptors (Lipinski definition) is 7. The van der Waals surface area contributed by atoms with E-state index in [-0.39, 0.29) is 17.2 Å². The van der Waals surface area contributed by atoms with Gasteiger partial charge in [0.1, 0.15) is 11.6 Å². The number of para-hydroxylation sites is 1. The third-order valence-corrected chi connectivity index (χ3v) is 5.71. The van der Waals surface area contributed by atoms with Crippen LogP contribution in [-0.2, 0) is 6.54 Å². The highest BCUT2D eigenvalue weighted by atomic mass is 19.3. The minimum absolute atomic E-state index is 0.117. The predicted molar refractivity (Wildman–Crippen MR) is 144 cm³/mol. The highest BCUT2D eigenvalue weighted by molar-refractivity contribution is 6.08. The molecule has 0 bridgehead atoms. The monoisotopic (exact) mass is 547 g/mol. The first-order chi connectivity index (χ1) is 19.3. The standard InChI is InChI=1S/C28H23F2N5O5/c1-38-20-6-4-5-18(14-20)34-27(37)35-25-13-17(11-12-31-25)16-32-22-8-3-2-7-21(22)26(36)33-19-9-10-23-24(15-19)40-28(29,30)39-23/h2-15,32H,16H2,1H3,(H,33,36)(H2,31,34,35,37). The Morgan fingerprint density at radius 2 is 1.68 bits per heavy atom. The Morgan fingerprint density at radius 1 is 0.875 bits per heavy atom. The number of benzene rings is 3. The van der Waals surface area contributed by atoms with Gasteiger partial charge in [-0.05, 0) is 54.1 Å². The van der Waals surface area contributed by atoms with Crippen molar-refractivity contribution in [2.75, 3.05) is 28.4 Å². The van der Waals surface area contributed by atoms with Gasteiger partial charge < -0.3 is 30.2 Å². The summed E-state index contributed by atoms with van der Waals surface area (Å²) >= 11 is 0. The first kappa shape index (κ1) is 26.2. The summed E-state index contributed by atoms with van der Waals surface area (Å²) in [4.78, 5) is 29.6. The van der Waals surface area contributed by atoms with Crippen LogP contribution in [-0.4, -0.2) is 30.3 Å². The predicted octanol–water partition coefficient (Wildman–Crippen LogP) is 5.92. The fourth-order valence-corrected chi connectivity index (χ4v) is 3.89. The Balaban J connectivity index is 1.21. The Bertz CT molecular complexity index is 1570. The first-order valence-electron chi connectivity index (χ1n) is 12.0. The highest BCUT2D eigenvalue weighted by Crippen LogP contribution is 2.42. The lowest BCUT2D eigenvalue weighted by atomic mass is 10.1. The van der Waals surface area contributed by atoms with Gasteiger partial charge in [0.15, 0.2) is 11.5 Å².